The number of nitrogens with two attached hydrogens (primary N) is 2. The van der Waals surface area contributed by atoms with Crippen molar-refractivity contribution in [3.05, 3.63) is 83.4 Å². The molecule has 132 valence electrons. The van der Waals surface area contributed by atoms with E-state index in [9.17, 15) is 13.2 Å². The Morgan fingerprint density at radius 3 is 1.69 bits per heavy atom. The molecule has 0 bridgehead atoms. The molecule has 26 heavy (non-hydrogen) atoms. The molecule has 0 aromatic heterocycles. The molecule has 4 rings (SSSR count). The summed E-state index contributed by atoms with van der Waals surface area (Å²) >= 11 is 0. The summed E-state index contributed by atoms with van der Waals surface area (Å²) in [6, 6.07) is 16.3. The number of rotatable bonds is 1. The minimum Gasteiger partial charge on any atom is -0.457 e. The molecule has 3 aromatic carbocycles. The minimum atomic E-state index is -4.62. The molecular formula is C20H15F3N2O. The third-order valence-corrected chi connectivity index (χ3v) is 4.67. The SMILES string of the molecule is Nc1ccc2c(c1)Oc1cc(N)ccc1C2(c1ccccc1)C(F)(F)F. The highest BCUT2D eigenvalue weighted by Gasteiger charge is 2.62. The van der Waals surface area contributed by atoms with Crippen molar-refractivity contribution in [1.29, 1.82) is 0 Å². The average molecular weight is 356 g/mol. The highest BCUT2D eigenvalue weighted by atomic mass is 19.4. The van der Waals surface area contributed by atoms with E-state index in [1.165, 1.54) is 48.5 Å². The molecule has 0 spiro atoms. The van der Waals surface area contributed by atoms with Crippen LogP contribution in [0.2, 0.25) is 0 Å². The van der Waals surface area contributed by atoms with Gasteiger partial charge in [0, 0.05) is 34.6 Å². The Morgan fingerprint density at radius 1 is 0.731 bits per heavy atom. The average Bonchev–Trinajstić information content (AvgIpc) is 2.59. The fraction of sp³-hybridized carbons (Fsp3) is 0.100. The summed E-state index contributed by atoms with van der Waals surface area (Å²) in [5, 5.41) is 0. The summed E-state index contributed by atoms with van der Waals surface area (Å²) in [4.78, 5) is 0. The van der Waals surface area contributed by atoms with Gasteiger partial charge in [0.25, 0.3) is 0 Å². The zero-order chi connectivity index (χ0) is 18.5. The lowest BCUT2D eigenvalue weighted by atomic mass is 9.67. The first-order chi connectivity index (χ1) is 12.3. The van der Waals surface area contributed by atoms with Crippen molar-refractivity contribution in [3.63, 3.8) is 0 Å². The zero-order valence-corrected chi connectivity index (χ0v) is 13.5. The lowest BCUT2D eigenvalue weighted by Gasteiger charge is -2.42. The molecule has 0 atom stereocenters. The van der Waals surface area contributed by atoms with Gasteiger partial charge in [-0.15, -0.1) is 0 Å². The maximum Gasteiger partial charge on any atom is 0.406 e. The van der Waals surface area contributed by atoms with Crippen LogP contribution in [0.15, 0.2) is 66.7 Å². The molecule has 0 saturated heterocycles. The van der Waals surface area contributed by atoms with Crippen molar-refractivity contribution in [2.24, 2.45) is 0 Å². The Bertz CT molecular complexity index is 933. The van der Waals surface area contributed by atoms with E-state index in [2.05, 4.69) is 0 Å². The Hall–Kier alpha value is -3.15. The van der Waals surface area contributed by atoms with E-state index in [1.54, 1.807) is 18.2 Å². The molecule has 6 heteroatoms. The number of ether oxygens (including phenoxy) is 1. The number of halogens is 3. The third-order valence-electron chi connectivity index (χ3n) is 4.67. The summed E-state index contributed by atoms with van der Waals surface area (Å²) < 4.78 is 49.9. The van der Waals surface area contributed by atoms with Crippen LogP contribution in [0, 0.1) is 0 Å². The lowest BCUT2D eigenvalue weighted by Crippen LogP contribution is -2.46. The molecule has 1 aliphatic heterocycles. The fourth-order valence-corrected chi connectivity index (χ4v) is 3.60. The third kappa shape index (κ3) is 2.15. The second kappa shape index (κ2) is 5.42. The number of anilines is 2. The van der Waals surface area contributed by atoms with Gasteiger partial charge in [-0.2, -0.15) is 13.2 Å². The Labute approximate surface area is 148 Å². The topological polar surface area (TPSA) is 61.3 Å². The predicted octanol–water partition coefficient (Wildman–Crippen LogP) is 4.85. The van der Waals surface area contributed by atoms with Crippen LogP contribution in [0.25, 0.3) is 0 Å². The van der Waals surface area contributed by atoms with Crippen LogP contribution in [-0.4, -0.2) is 6.18 Å². The van der Waals surface area contributed by atoms with Gasteiger partial charge in [-0.3, -0.25) is 0 Å². The van der Waals surface area contributed by atoms with E-state index < -0.39 is 11.6 Å². The minimum absolute atomic E-state index is 0.00247. The normalized spacial score (nSPS) is 14.9. The first kappa shape index (κ1) is 16.3. The Balaban J connectivity index is 2.17. The zero-order valence-electron chi connectivity index (χ0n) is 13.5. The first-order valence-electron chi connectivity index (χ1n) is 7.94. The molecule has 1 aliphatic rings. The maximum absolute atomic E-state index is 14.7. The van der Waals surface area contributed by atoms with Crippen LogP contribution in [-0.2, 0) is 5.41 Å². The van der Waals surface area contributed by atoms with Crippen molar-refractivity contribution in [3.8, 4) is 11.5 Å². The van der Waals surface area contributed by atoms with Crippen molar-refractivity contribution in [2.75, 3.05) is 11.5 Å². The Kier molecular flexibility index (Phi) is 3.41. The van der Waals surface area contributed by atoms with Gasteiger partial charge >= 0.3 is 6.18 Å². The second-order valence-electron chi connectivity index (χ2n) is 6.23. The van der Waals surface area contributed by atoms with Crippen molar-refractivity contribution >= 4 is 11.4 Å². The van der Waals surface area contributed by atoms with Gasteiger partial charge in [0.2, 0.25) is 0 Å². The molecule has 0 radical (unpaired) electrons. The van der Waals surface area contributed by atoms with E-state index in [0.717, 1.165) is 0 Å². The lowest BCUT2D eigenvalue weighted by molar-refractivity contribution is -0.168. The van der Waals surface area contributed by atoms with E-state index >= 15 is 0 Å². The molecular weight excluding hydrogens is 341 g/mol. The van der Waals surface area contributed by atoms with E-state index in [4.69, 9.17) is 16.2 Å². The largest absolute Gasteiger partial charge is 0.457 e. The molecule has 0 saturated carbocycles. The summed E-state index contributed by atoms with van der Waals surface area (Å²) in [5.74, 6) is 0.147. The maximum atomic E-state index is 14.7. The number of alkyl halides is 3. The van der Waals surface area contributed by atoms with Crippen LogP contribution < -0.4 is 16.2 Å². The fourth-order valence-electron chi connectivity index (χ4n) is 3.60. The van der Waals surface area contributed by atoms with Crippen LogP contribution in [0.3, 0.4) is 0 Å². The molecule has 0 amide bonds. The molecule has 4 N–H and O–H groups in total. The second-order valence-corrected chi connectivity index (χ2v) is 6.23. The van der Waals surface area contributed by atoms with E-state index in [1.807, 2.05) is 0 Å². The van der Waals surface area contributed by atoms with Crippen LogP contribution >= 0.6 is 0 Å². The van der Waals surface area contributed by atoms with Gasteiger partial charge in [-0.1, -0.05) is 42.5 Å². The van der Waals surface area contributed by atoms with Gasteiger partial charge < -0.3 is 16.2 Å². The summed E-state index contributed by atoms with van der Waals surface area (Å²) in [7, 11) is 0. The van der Waals surface area contributed by atoms with Crippen LogP contribution in [0.1, 0.15) is 16.7 Å². The Morgan fingerprint density at radius 2 is 1.23 bits per heavy atom. The monoisotopic (exact) mass is 356 g/mol. The summed E-state index contributed by atoms with van der Waals surface area (Å²) in [6.45, 7) is 0. The standard InChI is InChI=1S/C20H15F3N2O/c21-20(22,23)19(12-4-2-1-3-5-12)15-8-6-13(24)10-17(15)26-18-11-14(25)7-9-16(18)19/h1-11H,24-25H2. The molecule has 3 nitrogen and oxygen atoms in total. The van der Waals surface area contributed by atoms with Gasteiger partial charge in [-0.05, 0) is 17.7 Å². The number of hydrogen-bond acceptors (Lipinski definition) is 3. The number of nitrogen functional groups attached to an aromatic ring is 2. The van der Waals surface area contributed by atoms with Gasteiger partial charge in [-0.25, -0.2) is 0 Å². The quantitative estimate of drug-likeness (QED) is 0.613. The van der Waals surface area contributed by atoms with E-state index in [0.29, 0.717) is 11.4 Å². The van der Waals surface area contributed by atoms with Crippen LogP contribution in [0.4, 0.5) is 24.5 Å². The van der Waals surface area contributed by atoms with E-state index in [-0.39, 0.29) is 28.2 Å². The highest BCUT2D eigenvalue weighted by Crippen LogP contribution is 2.59. The summed E-state index contributed by atoms with van der Waals surface area (Å²) in [6.07, 6.45) is -4.62. The highest BCUT2D eigenvalue weighted by molar-refractivity contribution is 5.68. The van der Waals surface area contributed by atoms with Crippen molar-refractivity contribution in [2.45, 2.75) is 11.6 Å². The molecule has 1 heterocycles. The van der Waals surface area contributed by atoms with Crippen molar-refractivity contribution in [1.82, 2.24) is 0 Å². The van der Waals surface area contributed by atoms with Gasteiger partial charge in [0.15, 0.2) is 0 Å². The molecule has 0 unspecified atom stereocenters. The van der Waals surface area contributed by atoms with Crippen LogP contribution in [0.5, 0.6) is 11.5 Å². The number of benzene rings is 3. The predicted molar refractivity (Wildman–Crippen MR) is 94.2 cm³/mol. The molecule has 0 fully saturated rings. The van der Waals surface area contributed by atoms with Gasteiger partial charge in [0.05, 0.1) is 0 Å². The van der Waals surface area contributed by atoms with Gasteiger partial charge in [0.1, 0.15) is 16.9 Å². The summed E-state index contributed by atoms with van der Waals surface area (Å²) in [5.41, 5.74) is 9.94. The molecule has 3 aromatic rings. The first-order valence-corrected chi connectivity index (χ1v) is 7.94. The number of fused-ring (bicyclic) bond motifs is 2. The van der Waals surface area contributed by atoms with Crippen molar-refractivity contribution < 1.29 is 17.9 Å². The smallest absolute Gasteiger partial charge is 0.406 e. The number of hydrogen-bond donors (Lipinski definition) is 2. The molecule has 0 aliphatic carbocycles.